The van der Waals surface area contributed by atoms with Gasteiger partial charge < -0.3 is 14.7 Å². The number of anilines is 1. The van der Waals surface area contributed by atoms with Gasteiger partial charge >= 0.3 is 0 Å². The van der Waals surface area contributed by atoms with E-state index >= 15 is 0 Å². The van der Waals surface area contributed by atoms with E-state index in [0.29, 0.717) is 11.6 Å². The summed E-state index contributed by atoms with van der Waals surface area (Å²) >= 11 is 0. The van der Waals surface area contributed by atoms with Gasteiger partial charge in [-0.2, -0.15) is 0 Å². The van der Waals surface area contributed by atoms with Crippen molar-refractivity contribution < 1.29 is 14.2 Å². The first kappa shape index (κ1) is 16.1. The maximum absolute atomic E-state index is 12.2. The molecule has 6 nitrogen and oxygen atoms in total. The van der Waals surface area contributed by atoms with Crippen molar-refractivity contribution in [2.75, 3.05) is 5.32 Å². The fourth-order valence-electron chi connectivity index (χ4n) is 2.93. The van der Waals surface area contributed by atoms with E-state index in [-0.39, 0.29) is 5.91 Å². The van der Waals surface area contributed by atoms with Crippen molar-refractivity contribution in [1.29, 1.82) is 0 Å². The number of amides is 1. The van der Waals surface area contributed by atoms with Crippen LogP contribution in [0.4, 0.5) is 5.82 Å². The summed E-state index contributed by atoms with van der Waals surface area (Å²) in [5.41, 5.74) is 4.94. The van der Waals surface area contributed by atoms with Crippen LogP contribution in [0.1, 0.15) is 23.8 Å². The number of carbonyl (C=O) groups is 1. The number of fused-ring (bicyclic) bond motifs is 3. The number of benzene rings is 2. The number of nitrogens with zero attached hydrogens (tertiary/aromatic N) is 2. The Bertz CT molecular complexity index is 959. The van der Waals surface area contributed by atoms with Crippen LogP contribution in [0.2, 0.25) is 0 Å². The van der Waals surface area contributed by atoms with Crippen LogP contribution in [0.3, 0.4) is 0 Å². The Balaban J connectivity index is 1.56. The summed E-state index contributed by atoms with van der Waals surface area (Å²) in [6.45, 7) is 3.39. The summed E-state index contributed by atoms with van der Waals surface area (Å²) in [6.07, 6.45) is -0.778. The summed E-state index contributed by atoms with van der Waals surface area (Å²) in [5, 5.41) is 10.7. The SMILES string of the molecule is Cc1cc(NC(=O)C(C)ON=C2c3ccccc3-c3ccccc32)no1. The highest BCUT2D eigenvalue weighted by molar-refractivity contribution is 6.24. The molecule has 1 amide bonds. The average molecular weight is 347 g/mol. The van der Waals surface area contributed by atoms with Gasteiger partial charge in [0.25, 0.3) is 5.91 Å². The van der Waals surface area contributed by atoms with E-state index in [0.717, 1.165) is 28.0 Å². The zero-order chi connectivity index (χ0) is 18.1. The quantitative estimate of drug-likeness (QED) is 0.570. The molecule has 0 saturated carbocycles. The van der Waals surface area contributed by atoms with Crippen LogP contribution >= 0.6 is 0 Å². The van der Waals surface area contributed by atoms with Gasteiger partial charge in [-0.1, -0.05) is 58.8 Å². The van der Waals surface area contributed by atoms with Crippen molar-refractivity contribution in [3.8, 4) is 11.1 Å². The van der Waals surface area contributed by atoms with Crippen LogP contribution in [-0.4, -0.2) is 22.9 Å². The smallest absolute Gasteiger partial charge is 0.269 e. The maximum atomic E-state index is 12.2. The van der Waals surface area contributed by atoms with Gasteiger partial charge in [0.1, 0.15) is 11.5 Å². The number of carbonyl (C=O) groups excluding carboxylic acids is 1. The van der Waals surface area contributed by atoms with Crippen molar-refractivity contribution in [3.63, 3.8) is 0 Å². The van der Waals surface area contributed by atoms with Crippen LogP contribution in [0.15, 0.2) is 64.3 Å². The minimum Gasteiger partial charge on any atom is -0.382 e. The van der Waals surface area contributed by atoms with Crippen LogP contribution in [0, 0.1) is 6.92 Å². The summed E-state index contributed by atoms with van der Waals surface area (Å²) in [6, 6.07) is 17.7. The van der Waals surface area contributed by atoms with E-state index in [1.807, 2.05) is 36.4 Å². The lowest BCUT2D eigenvalue weighted by molar-refractivity contribution is -0.126. The molecule has 1 N–H and O–H groups in total. The Kier molecular flexibility index (Phi) is 4.01. The monoisotopic (exact) mass is 347 g/mol. The Morgan fingerprint density at radius 1 is 1.08 bits per heavy atom. The van der Waals surface area contributed by atoms with Gasteiger partial charge in [0.15, 0.2) is 5.82 Å². The summed E-state index contributed by atoms with van der Waals surface area (Å²) in [7, 11) is 0. The lowest BCUT2D eigenvalue weighted by Gasteiger charge is -2.10. The lowest BCUT2D eigenvalue weighted by Crippen LogP contribution is -2.26. The van der Waals surface area contributed by atoms with Gasteiger partial charge in [-0.15, -0.1) is 0 Å². The number of aryl methyl sites for hydroxylation is 1. The van der Waals surface area contributed by atoms with Crippen LogP contribution in [0.25, 0.3) is 11.1 Å². The topological polar surface area (TPSA) is 76.7 Å². The normalized spacial score (nSPS) is 12.9. The summed E-state index contributed by atoms with van der Waals surface area (Å²) < 4.78 is 4.93. The van der Waals surface area contributed by atoms with Crippen LogP contribution in [0.5, 0.6) is 0 Å². The van der Waals surface area contributed by atoms with Gasteiger partial charge in [0.2, 0.25) is 6.10 Å². The highest BCUT2D eigenvalue weighted by Crippen LogP contribution is 2.36. The number of rotatable bonds is 4. The van der Waals surface area contributed by atoms with E-state index < -0.39 is 6.10 Å². The van der Waals surface area contributed by atoms with Crippen molar-refractivity contribution in [2.24, 2.45) is 5.16 Å². The molecule has 0 saturated heterocycles. The predicted octanol–water partition coefficient (Wildman–Crippen LogP) is 3.76. The molecule has 1 unspecified atom stereocenters. The first-order chi connectivity index (χ1) is 12.6. The van der Waals surface area contributed by atoms with E-state index in [9.17, 15) is 4.79 Å². The van der Waals surface area contributed by atoms with Crippen molar-refractivity contribution in [2.45, 2.75) is 20.0 Å². The molecular weight excluding hydrogens is 330 g/mol. The molecule has 2 aromatic carbocycles. The molecule has 0 spiro atoms. The molecule has 0 fully saturated rings. The summed E-state index contributed by atoms with van der Waals surface area (Å²) in [5.74, 6) is 0.627. The molecule has 6 heteroatoms. The van der Waals surface area contributed by atoms with Gasteiger partial charge in [-0.05, 0) is 25.0 Å². The predicted molar refractivity (Wildman–Crippen MR) is 97.9 cm³/mol. The Hall–Kier alpha value is -3.41. The fourth-order valence-corrected chi connectivity index (χ4v) is 2.93. The second kappa shape index (κ2) is 6.48. The number of aromatic nitrogens is 1. The fraction of sp³-hybridized carbons (Fsp3) is 0.150. The average Bonchev–Trinajstić information content (AvgIpc) is 3.21. The molecule has 0 bridgehead atoms. The van der Waals surface area contributed by atoms with Crippen molar-refractivity contribution in [3.05, 3.63) is 71.5 Å². The lowest BCUT2D eigenvalue weighted by atomic mass is 10.1. The summed E-state index contributed by atoms with van der Waals surface area (Å²) in [4.78, 5) is 17.7. The van der Waals surface area contributed by atoms with Gasteiger partial charge in [0, 0.05) is 17.2 Å². The highest BCUT2D eigenvalue weighted by Gasteiger charge is 2.25. The molecule has 1 aliphatic rings. The van der Waals surface area contributed by atoms with E-state index in [4.69, 9.17) is 9.36 Å². The number of oxime groups is 1. The Morgan fingerprint density at radius 2 is 1.65 bits per heavy atom. The first-order valence-corrected chi connectivity index (χ1v) is 8.30. The molecule has 130 valence electrons. The van der Waals surface area contributed by atoms with Crippen LogP contribution < -0.4 is 5.32 Å². The van der Waals surface area contributed by atoms with E-state index in [1.165, 1.54) is 0 Å². The molecule has 4 rings (SSSR count). The first-order valence-electron chi connectivity index (χ1n) is 8.30. The third-order valence-corrected chi connectivity index (χ3v) is 4.21. The molecule has 1 atom stereocenters. The number of hydrogen-bond donors (Lipinski definition) is 1. The second-order valence-corrected chi connectivity index (χ2v) is 6.09. The maximum Gasteiger partial charge on any atom is 0.269 e. The molecule has 0 aliphatic heterocycles. The highest BCUT2D eigenvalue weighted by atomic mass is 16.6. The number of hydrogen-bond acceptors (Lipinski definition) is 5. The van der Waals surface area contributed by atoms with Gasteiger partial charge in [0.05, 0.1) is 0 Å². The largest absolute Gasteiger partial charge is 0.382 e. The molecular formula is C20H17N3O3. The van der Waals surface area contributed by atoms with Crippen molar-refractivity contribution in [1.82, 2.24) is 5.16 Å². The number of nitrogens with one attached hydrogen (secondary N) is 1. The van der Waals surface area contributed by atoms with E-state index in [2.05, 4.69) is 27.8 Å². The van der Waals surface area contributed by atoms with Crippen LogP contribution in [-0.2, 0) is 9.63 Å². The van der Waals surface area contributed by atoms with Gasteiger partial charge in [-0.3, -0.25) is 4.79 Å². The molecule has 3 aromatic rings. The van der Waals surface area contributed by atoms with Crippen molar-refractivity contribution >= 4 is 17.4 Å². The second-order valence-electron chi connectivity index (χ2n) is 6.09. The van der Waals surface area contributed by atoms with Gasteiger partial charge in [-0.25, -0.2) is 0 Å². The Morgan fingerprint density at radius 3 is 2.19 bits per heavy atom. The third kappa shape index (κ3) is 2.86. The zero-order valence-electron chi connectivity index (χ0n) is 14.4. The standard InChI is InChI=1S/C20H17N3O3/c1-12-11-18(22-25-12)21-20(24)13(2)26-23-19-16-9-5-3-7-14(16)15-8-4-6-10-17(15)19/h3-11,13H,1-2H3,(H,21,22,24). The minimum atomic E-state index is -0.778. The minimum absolute atomic E-state index is 0.345. The zero-order valence-corrected chi connectivity index (χ0v) is 14.4. The third-order valence-electron chi connectivity index (χ3n) is 4.21. The molecule has 1 aliphatic carbocycles. The molecule has 26 heavy (non-hydrogen) atoms. The van der Waals surface area contributed by atoms with E-state index in [1.54, 1.807) is 19.9 Å². The molecule has 1 aromatic heterocycles. The molecule has 1 heterocycles. The Labute approximate surface area is 150 Å². The molecule has 0 radical (unpaired) electrons.